The van der Waals surface area contributed by atoms with Gasteiger partial charge in [-0.3, -0.25) is 9.59 Å². The molecule has 1 saturated heterocycles. The van der Waals surface area contributed by atoms with Gasteiger partial charge in [-0.2, -0.15) is 4.98 Å². The molecule has 2 aliphatic rings. The molecule has 5 rings (SSSR count). The van der Waals surface area contributed by atoms with Gasteiger partial charge >= 0.3 is 0 Å². The van der Waals surface area contributed by atoms with E-state index in [9.17, 15) is 9.59 Å². The van der Waals surface area contributed by atoms with E-state index in [1.807, 2.05) is 52.7 Å². The lowest BCUT2D eigenvalue weighted by Gasteiger charge is -2.29. The lowest BCUT2D eigenvalue weighted by Crippen LogP contribution is -2.43. The number of benzene rings is 1. The summed E-state index contributed by atoms with van der Waals surface area (Å²) in [6.07, 6.45) is 1.44. The average Bonchev–Trinajstić information content (AvgIpc) is 3.61. The van der Waals surface area contributed by atoms with Crippen molar-refractivity contribution in [3.63, 3.8) is 0 Å². The van der Waals surface area contributed by atoms with E-state index in [0.29, 0.717) is 57.3 Å². The fraction of sp³-hybridized carbons (Fsp3) is 0.417. The molecule has 1 aromatic carbocycles. The van der Waals surface area contributed by atoms with Crippen molar-refractivity contribution in [2.75, 3.05) is 26.3 Å². The van der Waals surface area contributed by atoms with Gasteiger partial charge in [0.05, 0.1) is 25.6 Å². The molecule has 0 radical (unpaired) electrons. The van der Waals surface area contributed by atoms with Crippen molar-refractivity contribution >= 4 is 23.2 Å². The lowest BCUT2D eigenvalue weighted by atomic mass is 10.0. The number of aromatic nitrogens is 2. The second-order valence-corrected chi connectivity index (χ2v) is 9.50. The van der Waals surface area contributed by atoms with Crippen LogP contribution >= 0.6 is 11.3 Å². The largest absolute Gasteiger partial charge is 0.378 e. The number of hydrogen-bond donors (Lipinski definition) is 1. The van der Waals surface area contributed by atoms with Gasteiger partial charge in [0.15, 0.2) is 0 Å². The summed E-state index contributed by atoms with van der Waals surface area (Å²) in [4.78, 5) is 33.5. The van der Waals surface area contributed by atoms with Crippen molar-refractivity contribution in [2.45, 2.75) is 31.2 Å². The maximum absolute atomic E-state index is 13.2. The van der Waals surface area contributed by atoms with Gasteiger partial charge in [-0.05, 0) is 24.3 Å². The number of morpholine rings is 1. The number of carbonyl (C=O) groups is 2. The van der Waals surface area contributed by atoms with Crippen molar-refractivity contribution in [2.24, 2.45) is 5.92 Å². The molecule has 8 nitrogen and oxygen atoms in total. The van der Waals surface area contributed by atoms with E-state index in [0.717, 1.165) is 10.4 Å². The van der Waals surface area contributed by atoms with Crippen molar-refractivity contribution in [3.8, 4) is 11.4 Å². The molecule has 1 aliphatic heterocycles. The van der Waals surface area contributed by atoms with Crippen LogP contribution in [0.3, 0.4) is 0 Å². The second kappa shape index (κ2) is 9.84. The fourth-order valence-electron chi connectivity index (χ4n) is 4.63. The molecule has 1 aliphatic carbocycles. The minimum Gasteiger partial charge on any atom is -0.378 e. The smallest absolute Gasteiger partial charge is 0.232 e. The Labute approximate surface area is 195 Å². The first-order valence-corrected chi connectivity index (χ1v) is 12.1. The topological polar surface area (TPSA) is 97.6 Å². The van der Waals surface area contributed by atoms with Gasteiger partial charge in [-0.15, -0.1) is 11.3 Å². The predicted molar refractivity (Wildman–Crippen MR) is 123 cm³/mol. The van der Waals surface area contributed by atoms with Gasteiger partial charge in [0, 0.05) is 35.5 Å². The molecule has 0 bridgehead atoms. The Bertz CT molecular complexity index is 1080. The molecule has 33 heavy (non-hydrogen) atoms. The van der Waals surface area contributed by atoms with Crippen LogP contribution in [0.2, 0.25) is 0 Å². The zero-order valence-electron chi connectivity index (χ0n) is 18.2. The van der Waals surface area contributed by atoms with Crippen LogP contribution in [0.15, 0.2) is 52.4 Å². The first-order valence-electron chi connectivity index (χ1n) is 11.2. The van der Waals surface area contributed by atoms with E-state index in [-0.39, 0.29) is 29.7 Å². The molecule has 0 spiro atoms. The highest BCUT2D eigenvalue weighted by atomic mass is 32.1. The van der Waals surface area contributed by atoms with E-state index in [1.54, 1.807) is 11.3 Å². The van der Waals surface area contributed by atoms with E-state index >= 15 is 0 Å². The molecule has 1 saturated carbocycles. The van der Waals surface area contributed by atoms with Crippen LogP contribution < -0.4 is 5.32 Å². The van der Waals surface area contributed by atoms with Crippen molar-refractivity contribution in [1.29, 1.82) is 0 Å². The van der Waals surface area contributed by atoms with Gasteiger partial charge in [-0.1, -0.05) is 41.6 Å². The average molecular weight is 467 g/mol. The molecular weight excluding hydrogens is 440 g/mol. The fourth-order valence-corrected chi connectivity index (χ4v) is 5.34. The lowest BCUT2D eigenvalue weighted by molar-refractivity contribution is -0.139. The number of rotatable bonds is 6. The molecule has 2 fully saturated rings. The highest BCUT2D eigenvalue weighted by Gasteiger charge is 2.43. The Hall–Kier alpha value is -3.04. The number of thiophene rings is 1. The minimum absolute atomic E-state index is 0.0604. The summed E-state index contributed by atoms with van der Waals surface area (Å²) < 4.78 is 11.0. The monoisotopic (exact) mass is 466 g/mol. The third-order valence-corrected chi connectivity index (χ3v) is 7.16. The Morgan fingerprint density at radius 3 is 2.67 bits per heavy atom. The number of ether oxygens (including phenoxy) is 1. The molecule has 2 amide bonds. The Balaban J connectivity index is 1.34. The first-order chi connectivity index (χ1) is 16.2. The van der Waals surface area contributed by atoms with Gasteiger partial charge in [0.1, 0.15) is 0 Å². The molecule has 0 unspecified atom stereocenters. The van der Waals surface area contributed by atoms with E-state index in [2.05, 4.69) is 15.5 Å². The summed E-state index contributed by atoms with van der Waals surface area (Å²) in [5.74, 6) is 0.616. The molecule has 1 N–H and O–H groups in total. The third-order valence-electron chi connectivity index (χ3n) is 6.29. The normalized spacial score (nSPS) is 22.9. The second-order valence-electron chi connectivity index (χ2n) is 8.46. The minimum atomic E-state index is -0.239. The summed E-state index contributed by atoms with van der Waals surface area (Å²) in [5.41, 5.74) is 0.865. The SMILES string of the molecule is O=C(Cc1cccs1)N[C@H]1C[C@H](C(=O)N2CCOCC2)C[C@H]1c1nc(-c2ccccc2)no1. The molecule has 3 aromatic rings. The van der Waals surface area contributed by atoms with Crippen LogP contribution in [-0.2, 0) is 20.7 Å². The quantitative estimate of drug-likeness (QED) is 0.600. The maximum Gasteiger partial charge on any atom is 0.232 e. The predicted octanol–water partition coefficient (Wildman–Crippen LogP) is 2.88. The molecule has 2 aromatic heterocycles. The summed E-state index contributed by atoms with van der Waals surface area (Å²) in [6, 6.07) is 13.3. The van der Waals surface area contributed by atoms with Crippen LogP contribution in [0.25, 0.3) is 11.4 Å². The van der Waals surface area contributed by atoms with Crippen LogP contribution in [0.4, 0.5) is 0 Å². The summed E-state index contributed by atoms with van der Waals surface area (Å²) in [5, 5.41) is 9.26. The highest BCUT2D eigenvalue weighted by Crippen LogP contribution is 2.39. The van der Waals surface area contributed by atoms with Crippen LogP contribution in [0.5, 0.6) is 0 Å². The molecule has 3 atom stereocenters. The van der Waals surface area contributed by atoms with Crippen LogP contribution in [0.1, 0.15) is 29.5 Å². The van der Waals surface area contributed by atoms with Crippen LogP contribution in [0, 0.1) is 5.92 Å². The standard InChI is InChI=1S/C24H26N4O4S/c29-21(15-18-7-4-12-33-18)25-20-14-17(24(30)28-8-10-31-11-9-28)13-19(20)23-26-22(27-32-23)16-5-2-1-3-6-16/h1-7,12,17,19-20H,8-11,13-15H2,(H,25,29)/t17-,19-,20+/m1/s1. The first kappa shape index (κ1) is 21.8. The van der Waals surface area contributed by atoms with Crippen molar-refractivity contribution in [3.05, 3.63) is 58.6 Å². The molecular formula is C24H26N4O4S. The molecule has 9 heteroatoms. The summed E-state index contributed by atoms with van der Waals surface area (Å²) >= 11 is 1.56. The van der Waals surface area contributed by atoms with E-state index in [4.69, 9.17) is 9.26 Å². The number of nitrogens with zero attached hydrogens (tertiary/aromatic N) is 3. The summed E-state index contributed by atoms with van der Waals surface area (Å²) in [6.45, 7) is 2.34. The Morgan fingerprint density at radius 2 is 1.91 bits per heavy atom. The van der Waals surface area contributed by atoms with Gasteiger partial charge in [0.2, 0.25) is 23.5 Å². The Kier molecular flexibility index (Phi) is 6.50. The number of amides is 2. The van der Waals surface area contributed by atoms with Gasteiger partial charge in [0.25, 0.3) is 0 Å². The maximum atomic E-state index is 13.2. The molecule has 172 valence electrons. The van der Waals surface area contributed by atoms with Gasteiger partial charge < -0.3 is 19.5 Å². The van der Waals surface area contributed by atoms with Crippen molar-refractivity contribution in [1.82, 2.24) is 20.4 Å². The van der Waals surface area contributed by atoms with Gasteiger partial charge in [-0.25, -0.2) is 0 Å². The van der Waals surface area contributed by atoms with Crippen molar-refractivity contribution < 1.29 is 18.8 Å². The zero-order valence-corrected chi connectivity index (χ0v) is 19.0. The third kappa shape index (κ3) is 4.99. The highest BCUT2D eigenvalue weighted by molar-refractivity contribution is 7.10. The molecule has 3 heterocycles. The van der Waals surface area contributed by atoms with E-state index in [1.165, 1.54) is 0 Å². The Morgan fingerprint density at radius 1 is 1.09 bits per heavy atom. The number of carbonyl (C=O) groups excluding carboxylic acids is 2. The summed E-state index contributed by atoms with van der Waals surface area (Å²) in [7, 11) is 0. The number of nitrogens with one attached hydrogen (secondary N) is 1. The zero-order chi connectivity index (χ0) is 22.6. The van der Waals surface area contributed by atoms with E-state index < -0.39 is 0 Å². The number of hydrogen-bond acceptors (Lipinski definition) is 7. The van der Waals surface area contributed by atoms with Crippen LogP contribution in [-0.4, -0.2) is 59.2 Å².